The van der Waals surface area contributed by atoms with Gasteiger partial charge < -0.3 is 35.6 Å². The van der Waals surface area contributed by atoms with Gasteiger partial charge in [0.15, 0.2) is 0 Å². The van der Waals surface area contributed by atoms with Crippen LogP contribution in [0.15, 0.2) is 66.7 Å². The van der Waals surface area contributed by atoms with Crippen molar-refractivity contribution >= 4 is 35.0 Å². The Morgan fingerprint density at radius 2 is 1.59 bits per heavy atom. The molecule has 3 aromatic carbocycles. The lowest BCUT2D eigenvalue weighted by Crippen LogP contribution is -2.48. The maximum atomic E-state index is 13.4. The molecular formula is C32H35F4N5O5. The molecule has 246 valence electrons. The number of ether oxygens (including phenoxy) is 1. The van der Waals surface area contributed by atoms with Gasteiger partial charge in [-0.05, 0) is 73.7 Å². The van der Waals surface area contributed by atoms with Crippen LogP contribution in [0.5, 0.6) is 5.75 Å². The quantitative estimate of drug-likeness (QED) is 0.242. The summed E-state index contributed by atoms with van der Waals surface area (Å²) in [5, 5.41) is 17.7. The number of carbonyl (C=O) groups is 3. The molecule has 4 N–H and O–H groups in total. The second-order valence-electron chi connectivity index (χ2n) is 11.2. The predicted octanol–water partition coefficient (Wildman–Crippen LogP) is 5.80. The van der Waals surface area contributed by atoms with E-state index >= 15 is 0 Å². The highest BCUT2D eigenvalue weighted by molar-refractivity contribution is 6.00. The van der Waals surface area contributed by atoms with Crippen LogP contribution in [0.25, 0.3) is 0 Å². The first-order chi connectivity index (χ1) is 21.7. The summed E-state index contributed by atoms with van der Waals surface area (Å²) in [6.07, 6.45) is -5.25. The van der Waals surface area contributed by atoms with Gasteiger partial charge in [-0.1, -0.05) is 6.92 Å². The molecule has 0 bridgehead atoms. The number of urea groups is 2. The Morgan fingerprint density at radius 1 is 1.00 bits per heavy atom. The first-order valence-corrected chi connectivity index (χ1v) is 14.5. The van der Waals surface area contributed by atoms with E-state index in [-0.39, 0.29) is 43.6 Å². The molecule has 0 saturated carbocycles. The number of amides is 5. The highest BCUT2D eigenvalue weighted by Crippen LogP contribution is 2.31. The number of anilines is 3. The van der Waals surface area contributed by atoms with E-state index in [1.165, 1.54) is 36.2 Å². The molecule has 1 heterocycles. The molecule has 0 radical (unpaired) electrons. The number of carbonyl (C=O) groups excluding carboxylic acids is 3. The van der Waals surface area contributed by atoms with E-state index < -0.39 is 41.8 Å². The Bertz CT molecular complexity index is 1540. The fourth-order valence-corrected chi connectivity index (χ4v) is 4.87. The Balaban J connectivity index is 1.53. The maximum absolute atomic E-state index is 13.4. The van der Waals surface area contributed by atoms with Crippen molar-refractivity contribution in [2.24, 2.45) is 5.92 Å². The third-order valence-corrected chi connectivity index (χ3v) is 7.54. The molecule has 10 nitrogen and oxygen atoms in total. The minimum Gasteiger partial charge on any atom is -0.488 e. The highest BCUT2D eigenvalue weighted by atomic mass is 19.4. The molecule has 5 amide bonds. The van der Waals surface area contributed by atoms with E-state index in [0.717, 1.165) is 24.3 Å². The number of nitrogens with one attached hydrogen (secondary N) is 3. The number of nitrogens with zero attached hydrogens (tertiary/aromatic N) is 2. The Kier molecular flexibility index (Phi) is 10.7. The van der Waals surface area contributed by atoms with Crippen molar-refractivity contribution in [2.45, 2.75) is 38.6 Å². The molecule has 1 aliphatic rings. The van der Waals surface area contributed by atoms with Crippen molar-refractivity contribution in [3.05, 3.63) is 83.7 Å². The zero-order chi connectivity index (χ0) is 33.6. The average molecular weight is 646 g/mol. The molecule has 3 atom stereocenters. The molecule has 4 rings (SSSR count). The summed E-state index contributed by atoms with van der Waals surface area (Å²) in [4.78, 5) is 41.9. The van der Waals surface area contributed by atoms with Crippen molar-refractivity contribution in [3.8, 4) is 5.75 Å². The maximum Gasteiger partial charge on any atom is 0.416 e. The number of rotatable bonds is 7. The van der Waals surface area contributed by atoms with Crippen molar-refractivity contribution in [3.63, 3.8) is 0 Å². The molecule has 0 spiro atoms. The van der Waals surface area contributed by atoms with Crippen LogP contribution in [0, 0.1) is 11.7 Å². The van der Waals surface area contributed by atoms with Crippen molar-refractivity contribution < 1.29 is 41.8 Å². The van der Waals surface area contributed by atoms with Gasteiger partial charge in [0.2, 0.25) is 5.91 Å². The number of aliphatic hydroxyl groups excluding tert-OH is 1. The van der Waals surface area contributed by atoms with Gasteiger partial charge in [0.25, 0.3) is 0 Å². The Hall–Kier alpha value is -4.85. The monoisotopic (exact) mass is 645 g/mol. The predicted molar refractivity (Wildman–Crippen MR) is 164 cm³/mol. The first-order valence-electron chi connectivity index (χ1n) is 14.5. The van der Waals surface area contributed by atoms with Crippen molar-refractivity contribution in [1.29, 1.82) is 0 Å². The summed E-state index contributed by atoms with van der Waals surface area (Å²) >= 11 is 0. The van der Waals surface area contributed by atoms with Gasteiger partial charge in [-0.15, -0.1) is 0 Å². The van der Waals surface area contributed by atoms with Crippen LogP contribution >= 0.6 is 0 Å². The molecular weight excluding hydrogens is 610 g/mol. The van der Waals surface area contributed by atoms with Gasteiger partial charge in [0, 0.05) is 42.1 Å². The fourth-order valence-electron chi connectivity index (χ4n) is 4.87. The zero-order valence-electron chi connectivity index (χ0n) is 25.4. The summed E-state index contributed by atoms with van der Waals surface area (Å²) < 4.78 is 58.3. The average Bonchev–Trinajstić information content (AvgIpc) is 3.05. The van der Waals surface area contributed by atoms with E-state index in [9.17, 15) is 37.1 Å². The van der Waals surface area contributed by atoms with Gasteiger partial charge >= 0.3 is 18.2 Å². The molecule has 0 fully saturated rings. The van der Waals surface area contributed by atoms with E-state index in [1.807, 2.05) is 6.92 Å². The molecule has 0 saturated heterocycles. The van der Waals surface area contributed by atoms with Crippen LogP contribution < -0.4 is 20.7 Å². The molecule has 1 aliphatic heterocycles. The number of fused-ring (bicyclic) bond motifs is 1. The van der Waals surface area contributed by atoms with Gasteiger partial charge in [-0.2, -0.15) is 13.2 Å². The van der Waals surface area contributed by atoms with Gasteiger partial charge in [-0.3, -0.25) is 4.79 Å². The topological polar surface area (TPSA) is 123 Å². The third kappa shape index (κ3) is 8.87. The summed E-state index contributed by atoms with van der Waals surface area (Å²) in [5.74, 6) is -0.703. The summed E-state index contributed by atoms with van der Waals surface area (Å²) in [5.41, 5.74) is 0.519. The number of alkyl halides is 3. The van der Waals surface area contributed by atoms with Crippen molar-refractivity contribution in [1.82, 2.24) is 9.80 Å². The summed E-state index contributed by atoms with van der Waals surface area (Å²) in [7, 11) is 1.51. The fraction of sp³-hybridized carbons (Fsp3) is 0.344. The first kappa shape index (κ1) is 34.0. The molecule has 46 heavy (non-hydrogen) atoms. The number of benzene rings is 3. The lowest BCUT2D eigenvalue weighted by Gasteiger charge is -2.34. The normalized spacial score (nSPS) is 17.4. The van der Waals surface area contributed by atoms with Crippen LogP contribution in [-0.2, 0) is 17.4 Å². The second kappa shape index (κ2) is 14.5. The van der Waals surface area contributed by atoms with Crippen LogP contribution in [0.2, 0.25) is 0 Å². The highest BCUT2D eigenvalue weighted by Gasteiger charge is 2.32. The zero-order valence-corrected chi connectivity index (χ0v) is 25.4. The van der Waals surface area contributed by atoms with Gasteiger partial charge in [0.05, 0.1) is 31.2 Å². The lowest BCUT2D eigenvalue weighted by molar-refractivity contribution is -0.137. The molecule has 0 aromatic heterocycles. The van der Waals surface area contributed by atoms with Crippen LogP contribution in [0.1, 0.15) is 25.0 Å². The summed E-state index contributed by atoms with van der Waals surface area (Å²) in [6.45, 7) is 3.52. The standard InChI is InChI=1S/C32H35F4N5O5/c1-19-16-41(20(2)18-42)29(43)15-21-14-26(38-30(44)37-24-10-6-23(33)7-11-24)12-13-27(21)46-28(19)17-40(3)31(45)39-25-8-4-22(5-9-25)32(34,35)36/h4-14,19-20,28,42H,15-18H2,1-3H3,(H,39,45)(H2,37,38,44)/t19-,20-,28-/m0/s1. The number of aliphatic hydroxyl groups is 1. The van der Waals surface area contributed by atoms with E-state index in [2.05, 4.69) is 16.0 Å². The van der Waals surface area contributed by atoms with Crippen LogP contribution in [-0.4, -0.2) is 71.8 Å². The van der Waals surface area contributed by atoms with Crippen LogP contribution in [0.4, 0.5) is 44.2 Å². The Morgan fingerprint density at radius 3 is 2.22 bits per heavy atom. The third-order valence-electron chi connectivity index (χ3n) is 7.54. The Labute approximate surface area is 263 Å². The number of hydrogen-bond donors (Lipinski definition) is 4. The number of hydrogen-bond acceptors (Lipinski definition) is 5. The smallest absolute Gasteiger partial charge is 0.416 e. The molecule has 14 heteroatoms. The lowest BCUT2D eigenvalue weighted by atomic mass is 10.0. The number of likely N-dealkylation sites (N-methyl/N-ethyl adjacent to an activating group) is 1. The molecule has 0 aliphatic carbocycles. The number of halogens is 4. The molecule has 0 unspecified atom stereocenters. The minimum atomic E-state index is -4.50. The van der Waals surface area contributed by atoms with E-state index in [4.69, 9.17) is 4.74 Å². The van der Waals surface area contributed by atoms with E-state index in [1.54, 1.807) is 30.0 Å². The van der Waals surface area contributed by atoms with Gasteiger partial charge in [0.1, 0.15) is 17.7 Å². The summed E-state index contributed by atoms with van der Waals surface area (Å²) in [6, 6.07) is 12.4. The second-order valence-corrected chi connectivity index (χ2v) is 11.2. The molecule has 3 aromatic rings. The van der Waals surface area contributed by atoms with Crippen molar-refractivity contribution in [2.75, 3.05) is 42.7 Å². The minimum absolute atomic E-state index is 0.0443. The van der Waals surface area contributed by atoms with Crippen LogP contribution in [0.3, 0.4) is 0 Å². The SMILES string of the molecule is C[C@H]1CN([C@@H](C)CO)C(=O)Cc2cc(NC(=O)Nc3ccc(F)cc3)ccc2O[C@H]1CN(C)C(=O)Nc1ccc(C(F)(F)F)cc1. The van der Waals surface area contributed by atoms with E-state index in [0.29, 0.717) is 22.7 Å². The van der Waals surface area contributed by atoms with Gasteiger partial charge in [-0.25, -0.2) is 14.0 Å². The largest absolute Gasteiger partial charge is 0.488 e.